The fourth-order valence-corrected chi connectivity index (χ4v) is 1.66. The van der Waals surface area contributed by atoms with Crippen LogP contribution >= 0.6 is 0 Å². The van der Waals surface area contributed by atoms with Crippen LogP contribution in [0.2, 0.25) is 0 Å². The van der Waals surface area contributed by atoms with Gasteiger partial charge in [-0.05, 0) is 11.3 Å². The average molecular weight is 237 g/mol. The molecule has 1 heterocycles. The maximum absolute atomic E-state index is 10.3. The highest BCUT2D eigenvalue weighted by Crippen LogP contribution is 2.22. The fraction of sp³-hybridized carbons (Fsp3) is 0.417. The summed E-state index contributed by atoms with van der Waals surface area (Å²) in [6.45, 7) is 0.596. The van der Waals surface area contributed by atoms with Crippen molar-refractivity contribution in [2.45, 2.75) is 12.5 Å². The van der Waals surface area contributed by atoms with E-state index < -0.39 is 0 Å². The molecule has 0 radical (unpaired) electrons. The summed E-state index contributed by atoms with van der Waals surface area (Å²) >= 11 is 0. The number of amides is 1. The quantitative estimate of drug-likeness (QED) is 0.827. The van der Waals surface area contributed by atoms with Gasteiger partial charge >= 0.3 is 6.09 Å². The van der Waals surface area contributed by atoms with Crippen molar-refractivity contribution in [3.8, 4) is 5.75 Å². The lowest BCUT2D eigenvalue weighted by atomic mass is 10.1. The monoisotopic (exact) mass is 237 g/mol. The smallest absolute Gasteiger partial charge is 0.407 e. The number of alkyl carbamates (subject to hydrolysis) is 1. The van der Waals surface area contributed by atoms with E-state index in [1.165, 1.54) is 10.4 Å². The van der Waals surface area contributed by atoms with Gasteiger partial charge in [-0.25, -0.2) is 4.79 Å². The van der Waals surface area contributed by atoms with Gasteiger partial charge in [0.2, 0.25) is 0 Å². The number of carbonyl (C=O) groups is 1. The van der Waals surface area contributed by atoms with Gasteiger partial charge in [0.15, 0.2) is 0 Å². The lowest BCUT2D eigenvalue weighted by molar-refractivity contribution is 0.121. The molecule has 3 rings (SSSR count). The first kappa shape index (κ1) is 11.7. The third kappa shape index (κ3) is 2.50. The molecule has 3 aliphatic rings. The number of aliphatic hydroxyl groups excluding tert-OH is 1. The Hall–Kier alpha value is -1.75. The second kappa shape index (κ2) is 5.05. The van der Waals surface area contributed by atoms with E-state index in [0.29, 0.717) is 13.0 Å². The zero-order valence-corrected chi connectivity index (χ0v) is 9.60. The SMILES string of the molecule is COc1cc2ccc1=2.O=C1NCC(CCO)O1. The molecule has 0 aromatic rings. The number of hydrogen-bond acceptors (Lipinski definition) is 4. The number of nitrogens with one attached hydrogen (secondary N) is 1. The minimum atomic E-state index is -0.381. The van der Waals surface area contributed by atoms with Gasteiger partial charge in [-0.3, -0.25) is 0 Å². The van der Waals surface area contributed by atoms with Crippen molar-refractivity contribution in [2.24, 2.45) is 0 Å². The van der Waals surface area contributed by atoms with Crippen molar-refractivity contribution in [1.82, 2.24) is 5.32 Å². The van der Waals surface area contributed by atoms with E-state index in [-0.39, 0.29) is 18.8 Å². The van der Waals surface area contributed by atoms with Crippen LogP contribution in [0, 0.1) is 10.4 Å². The van der Waals surface area contributed by atoms with Gasteiger partial charge in [0.1, 0.15) is 11.9 Å². The van der Waals surface area contributed by atoms with Gasteiger partial charge in [0.05, 0.1) is 13.7 Å². The Labute approximate surface area is 98.7 Å². The van der Waals surface area contributed by atoms with Crippen LogP contribution in [0.5, 0.6) is 5.75 Å². The first-order chi connectivity index (χ1) is 8.24. The second-order valence-electron chi connectivity index (χ2n) is 3.84. The Bertz CT molecular complexity index is 500. The molecule has 1 atom stereocenters. The predicted molar refractivity (Wildman–Crippen MR) is 60.6 cm³/mol. The number of carbonyl (C=O) groups excluding carboxylic acids is 1. The normalized spacial score (nSPS) is 18.7. The van der Waals surface area contributed by atoms with E-state index in [2.05, 4.69) is 17.4 Å². The Morgan fingerprint density at radius 3 is 2.71 bits per heavy atom. The molecule has 1 amide bonds. The summed E-state index contributed by atoms with van der Waals surface area (Å²) in [6, 6.07) is 6.18. The molecule has 2 aliphatic carbocycles. The molecule has 92 valence electrons. The Morgan fingerprint density at radius 1 is 1.59 bits per heavy atom. The topological polar surface area (TPSA) is 67.8 Å². The highest BCUT2D eigenvalue weighted by atomic mass is 16.6. The minimum Gasteiger partial charge on any atom is -0.496 e. The minimum absolute atomic E-state index is 0.0691. The maximum atomic E-state index is 10.3. The van der Waals surface area contributed by atoms with Crippen LogP contribution in [0.1, 0.15) is 6.42 Å². The Morgan fingerprint density at radius 2 is 2.41 bits per heavy atom. The molecule has 5 nitrogen and oxygen atoms in total. The molecule has 2 N–H and O–H groups in total. The first-order valence-electron chi connectivity index (χ1n) is 5.48. The summed E-state index contributed by atoms with van der Waals surface area (Å²) < 4.78 is 9.66. The number of benzene rings is 1. The van der Waals surface area contributed by atoms with Crippen molar-refractivity contribution in [1.29, 1.82) is 0 Å². The van der Waals surface area contributed by atoms with Gasteiger partial charge in [-0.15, -0.1) is 0 Å². The number of rotatable bonds is 3. The molecule has 17 heavy (non-hydrogen) atoms. The largest absolute Gasteiger partial charge is 0.496 e. The molecular formula is C12H15NO4. The van der Waals surface area contributed by atoms with Crippen LogP contribution in [0.3, 0.4) is 0 Å². The zero-order chi connectivity index (χ0) is 12.3. The van der Waals surface area contributed by atoms with Crippen molar-refractivity contribution >= 4 is 6.09 Å². The van der Waals surface area contributed by atoms with Gasteiger partial charge < -0.3 is 19.9 Å². The van der Waals surface area contributed by atoms with Crippen LogP contribution in [0.15, 0.2) is 18.2 Å². The highest BCUT2D eigenvalue weighted by molar-refractivity contribution is 5.69. The number of hydrogen-bond donors (Lipinski definition) is 2. The van der Waals surface area contributed by atoms with Crippen LogP contribution in [0.25, 0.3) is 0 Å². The van der Waals surface area contributed by atoms with E-state index in [4.69, 9.17) is 14.6 Å². The van der Waals surface area contributed by atoms with Gasteiger partial charge in [-0.1, -0.05) is 12.1 Å². The fourth-order valence-electron chi connectivity index (χ4n) is 1.66. The summed E-state index contributed by atoms with van der Waals surface area (Å²) in [6.07, 6.45) is 0.0228. The molecule has 0 bridgehead atoms. The zero-order valence-electron chi connectivity index (χ0n) is 9.60. The predicted octanol–water partition coefficient (Wildman–Crippen LogP) is 0.773. The number of aliphatic hydroxyl groups is 1. The van der Waals surface area contributed by atoms with Crippen molar-refractivity contribution < 1.29 is 19.4 Å². The van der Waals surface area contributed by atoms with E-state index in [0.717, 1.165) is 5.75 Å². The number of ether oxygens (including phenoxy) is 2. The van der Waals surface area contributed by atoms with E-state index in [1.807, 2.05) is 6.07 Å². The van der Waals surface area contributed by atoms with E-state index >= 15 is 0 Å². The summed E-state index contributed by atoms with van der Waals surface area (Å²) in [7, 11) is 1.70. The third-order valence-electron chi connectivity index (χ3n) is 2.71. The second-order valence-corrected chi connectivity index (χ2v) is 3.84. The van der Waals surface area contributed by atoms with E-state index in [1.54, 1.807) is 7.11 Å². The van der Waals surface area contributed by atoms with Gasteiger partial charge in [-0.2, -0.15) is 0 Å². The van der Waals surface area contributed by atoms with Gasteiger partial charge in [0.25, 0.3) is 0 Å². The molecule has 5 heteroatoms. The number of cyclic esters (lactones) is 1. The molecule has 1 fully saturated rings. The Balaban J connectivity index is 0.000000127. The third-order valence-corrected chi connectivity index (χ3v) is 2.71. The Kier molecular flexibility index (Phi) is 3.49. The molecule has 1 unspecified atom stereocenters. The summed E-state index contributed by atoms with van der Waals surface area (Å²) in [5.41, 5.74) is 0. The maximum Gasteiger partial charge on any atom is 0.407 e. The van der Waals surface area contributed by atoms with Gasteiger partial charge in [0, 0.05) is 18.2 Å². The molecule has 0 saturated carbocycles. The summed E-state index contributed by atoms with van der Waals surface area (Å²) in [4.78, 5) is 10.3. The van der Waals surface area contributed by atoms with E-state index in [9.17, 15) is 4.79 Å². The van der Waals surface area contributed by atoms with Crippen LogP contribution in [-0.2, 0) is 4.74 Å². The molecule has 0 aromatic heterocycles. The number of methoxy groups -OCH3 is 1. The molecule has 0 spiro atoms. The standard InChI is InChI=1S/C7H6O.C5H9NO3/c1-8-7-4-5-2-3-6(5)7;7-2-1-4-3-6-5(8)9-4/h2-4H,1H3;4,7H,1-3H2,(H,6,8). The highest BCUT2D eigenvalue weighted by Gasteiger charge is 2.20. The van der Waals surface area contributed by atoms with Crippen LogP contribution in [-0.4, -0.2) is 37.6 Å². The lowest BCUT2D eigenvalue weighted by Crippen LogP contribution is -2.15. The van der Waals surface area contributed by atoms with Crippen molar-refractivity contribution in [3.63, 3.8) is 0 Å². The molecular weight excluding hydrogens is 222 g/mol. The molecule has 1 saturated heterocycles. The lowest BCUT2D eigenvalue weighted by Gasteiger charge is -2.08. The average Bonchev–Trinajstić information content (AvgIpc) is 2.69. The first-order valence-corrected chi connectivity index (χ1v) is 5.48. The molecule has 1 aliphatic heterocycles. The summed E-state index contributed by atoms with van der Waals surface area (Å²) in [5, 5.41) is 13.5. The van der Waals surface area contributed by atoms with Crippen LogP contribution in [0.4, 0.5) is 4.79 Å². The van der Waals surface area contributed by atoms with Crippen LogP contribution < -0.4 is 10.1 Å². The van der Waals surface area contributed by atoms with Crippen molar-refractivity contribution in [3.05, 3.63) is 28.6 Å². The summed E-state index contributed by atoms with van der Waals surface area (Å²) in [5.74, 6) is 1.03. The van der Waals surface area contributed by atoms with Crippen molar-refractivity contribution in [2.75, 3.05) is 20.3 Å². The molecule has 0 aromatic carbocycles.